The van der Waals surface area contributed by atoms with E-state index in [0.29, 0.717) is 6.07 Å². The molecule has 0 amide bonds. The van der Waals surface area contributed by atoms with Gasteiger partial charge in [-0.15, -0.1) is 0 Å². The number of fused-ring (bicyclic) bond motifs is 1. The molecule has 3 N–H and O–H groups in total. The minimum Gasteiger partial charge on any atom is -0.507 e. The molecule has 0 aliphatic heterocycles. The first-order valence-electron chi connectivity index (χ1n) is 7.34. The van der Waals surface area contributed by atoms with Crippen LogP contribution in [-0.4, -0.2) is 36.8 Å². The lowest BCUT2D eigenvalue weighted by molar-refractivity contribution is 0.104. The molecule has 0 spiro atoms. The van der Waals surface area contributed by atoms with E-state index in [2.05, 4.69) is 0 Å². The fourth-order valence-electron chi connectivity index (χ4n) is 2.72. The Balaban J connectivity index is 2.44. The molecule has 0 saturated heterocycles. The van der Waals surface area contributed by atoms with Crippen molar-refractivity contribution in [3.05, 3.63) is 65.7 Å². The fraction of sp³-hybridized carbons (Fsp3) is 0. The molecule has 0 radical (unpaired) electrons. The first-order valence-corrected chi connectivity index (χ1v) is 10.2. The van der Waals surface area contributed by atoms with E-state index in [0.717, 1.165) is 18.2 Å². The van der Waals surface area contributed by atoms with Gasteiger partial charge >= 0.3 is 0 Å². The normalized spacial score (nSPS) is 12.2. The van der Waals surface area contributed by atoms with Crippen molar-refractivity contribution in [3.63, 3.8) is 0 Å². The molecule has 10 heteroatoms. The number of rotatable bonds is 4. The summed E-state index contributed by atoms with van der Waals surface area (Å²) in [6.45, 7) is 0. The Morgan fingerprint density at radius 3 is 2.00 bits per heavy atom. The minimum atomic E-state index is -4.81. The molecule has 0 aliphatic rings. The number of hydrogen-bond donors (Lipinski definition) is 3. The number of benzene rings is 3. The van der Waals surface area contributed by atoms with Crippen LogP contribution in [0.2, 0.25) is 0 Å². The lowest BCUT2D eigenvalue weighted by atomic mass is 9.96. The second kappa shape index (κ2) is 6.43. The highest BCUT2D eigenvalue weighted by Gasteiger charge is 2.24. The van der Waals surface area contributed by atoms with Gasteiger partial charge in [0.1, 0.15) is 10.6 Å². The Bertz CT molecular complexity index is 1280. The molecule has 0 saturated carbocycles. The third-order valence-electron chi connectivity index (χ3n) is 3.88. The first kappa shape index (κ1) is 19.0. The van der Waals surface area contributed by atoms with E-state index < -0.39 is 46.9 Å². The molecule has 0 unspecified atom stereocenters. The molecule has 8 nitrogen and oxygen atoms in total. The van der Waals surface area contributed by atoms with Crippen LogP contribution in [-0.2, 0) is 20.2 Å². The van der Waals surface area contributed by atoms with Gasteiger partial charge in [-0.05, 0) is 18.2 Å². The minimum absolute atomic E-state index is 0.108. The molecule has 0 atom stereocenters. The third kappa shape index (κ3) is 3.55. The fourth-order valence-corrected chi connectivity index (χ4v) is 3.92. The van der Waals surface area contributed by atoms with Crippen molar-refractivity contribution >= 4 is 36.8 Å². The van der Waals surface area contributed by atoms with Crippen LogP contribution >= 0.6 is 0 Å². The molecular formula is C17H12O8S2. The van der Waals surface area contributed by atoms with E-state index >= 15 is 0 Å². The number of carbonyl (C=O) groups is 1. The van der Waals surface area contributed by atoms with Crippen LogP contribution in [0, 0.1) is 0 Å². The van der Waals surface area contributed by atoms with Crippen LogP contribution in [0.25, 0.3) is 10.8 Å². The van der Waals surface area contributed by atoms with Gasteiger partial charge < -0.3 is 5.11 Å². The zero-order valence-corrected chi connectivity index (χ0v) is 15.0. The average Bonchev–Trinajstić information content (AvgIpc) is 2.59. The van der Waals surface area contributed by atoms with E-state index in [1.54, 1.807) is 18.2 Å². The number of hydrogen-bond acceptors (Lipinski definition) is 6. The molecule has 0 aromatic heterocycles. The summed E-state index contributed by atoms with van der Waals surface area (Å²) in [6.07, 6.45) is 0. The van der Waals surface area contributed by atoms with Crippen LogP contribution in [0.5, 0.6) is 5.75 Å². The van der Waals surface area contributed by atoms with Crippen LogP contribution < -0.4 is 0 Å². The SMILES string of the molecule is O=C(c1ccccc1)c1ccc(S(=O)(=O)O)c2cc(S(=O)(=O)O)cc(O)c12. The van der Waals surface area contributed by atoms with Gasteiger partial charge in [-0.3, -0.25) is 13.9 Å². The highest BCUT2D eigenvalue weighted by molar-refractivity contribution is 7.86. The van der Waals surface area contributed by atoms with Gasteiger partial charge in [-0.25, -0.2) is 0 Å². The summed E-state index contributed by atoms with van der Waals surface area (Å²) in [7, 11) is -9.60. The standard InChI is InChI=1S/C17H12O8S2/c18-14-9-11(26(20,21)22)8-13-15(27(23,24)25)7-6-12(16(13)14)17(19)10-4-2-1-3-5-10/h1-9,18H,(H,20,21,22)(H,23,24,25). The van der Waals surface area contributed by atoms with Crippen molar-refractivity contribution in [3.8, 4) is 5.75 Å². The van der Waals surface area contributed by atoms with Crippen molar-refractivity contribution in [2.45, 2.75) is 9.79 Å². The molecular weight excluding hydrogens is 396 g/mol. The Labute approximate surface area is 154 Å². The summed E-state index contributed by atoms with van der Waals surface area (Å²) >= 11 is 0. The zero-order valence-electron chi connectivity index (χ0n) is 13.4. The van der Waals surface area contributed by atoms with Crippen molar-refractivity contribution in [2.24, 2.45) is 0 Å². The summed E-state index contributed by atoms with van der Waals surface area (Å²) in [6, 6.07) is 11.4. The highest BCUT2D eigenvalue weighted by atomic mass is 32.2. The molecule has 3 rings (SSSR count). The van der Waals surface area contributed by atoms with Crippen molar-refractivity contribution in [2.75, 3.05) is 0 Å². The van der Waals surface area contributed by atoms with E-state index in [4.69, 9.17) is 0 Å². The maximum absolute atomic E-state index is 12.8. The molecule has 140 valence electrons. The van der Waals surface area contributed by atoms with Gasteiger partial charge in [-0.1, -0.05) is 30.3 Å². The molecule has 27 heavy (non-hydrogen) atoms. The molecule has 0 heterocycles. The quantitative estimate of drug-likeness (QED) is 0.440. The number of aromatic hydroxyl groups is 1. The van der Waals surface area contributed by atoms with Crippen molar-refractivity contribution in [1.82, 2.24) is 0 Å². The van der Waals surface area contributed by atoms with E-state index in [1.165, 1.54) is 12.1 Å². The summed E-state index contributed by atoms with van der Waals surface area (Å²) in [5.41, 5.74) is 0.139. The van der Waals surface area contributed by atoms with E-state index in [1.807, 2.05) is 0 Å². The van der Waals surface area contributed by atoms with Crippen molar-refractivity contribution < 1.29 is 35.8 Å². The summed E-state index contributed by atoms with van der Waals surface area (Å²) in [5.74, 6) is -1.30. The molecule has 0 bridgehead atoms. The highest BCUT2D eigenvalue weighted by Crippen LogP contribution is 2.36. The van der Waals surface area contributed by atoms with Gasteiger partial charge in [0.25, 0.3) is 20.2 Å². The maximum Gasteiger partial charge on any atom is 0.295 e. The smallest absolute Gasteiger partial charge is 0.295 e. The Morgan fingerprint density at radius 2 is 1.44 bits per heavy atom. The second-order valence-corrected chi connectivity index (χ2v) is 8.43. The number of ketones is 1. The second-order valence-electron chi connectivity index (χ2n) is 5.62. The van der Waals surface area contributed by atoms with Crippen LogP contribution in [0.4, 0.5) is 0 Å². The third-order valence-corrected chi connectivity index (χ3v) is 5.63. The predicted molar refractivity (Wildman–Crippen MR) is 95.1 cm³/mol. The first-order chi connectivity index (χ1) is 12.5. The summed E-state index contributed by atoms with van der Waals surface area (Å²) in [4.78, 5) is 11.3. The number of phenols is 1. The van der Waals surface area contributed by atoms with Gasteiger partial charge in [0.2, 0.25) is 0 Å². The molecule has 3 aromatic carbocycles. The van der Waals surface area contributed by atoms with Gasteiger partial charge in [0.15, 0.2) is 5.78 Å². The Kier molecular flexibility index (Phi) is 4.52. The zero-order chi connectivity index (χ0) is 20.0. The van der Waals surface area contributed by atoms with E-state index in [9.17, 15) is 35.8 Å². The Morgan fingerprint density at radius 1 is 0.815 bits per heavy atom. The van der Waals surface area contributed by atoms with Gasteiger partial charge in [0, 0.05) is 28.0 Å². The molecule has 0 fully saturated rings. The maximum atomic E-state index is 12.8. The van der Waals surface area contributed by atoms with Crippen LogP contribution in [0.15, 0.2) is 64.4 Å². The summed E-state index contributed by atoms with van der Waals surface area (Å²) in [5, 5.41) is 9.58. The van der Waals surface area contributed by atoms with Crippen LogP contribution in [0.3, 0.4) is 0 Å². The lowest BCUT2D eigenvalue weighted by Gasteiger charge is -2.12. The molecule has 0 aliphatic carbocycles. The van der Waals surface area contributed by atoms with Crippen LogP contribution in [0.1, 0.15) is 15.9 Å². The van der Waals surface area contributed by atoms with E-state index in [-0.39, 0.29) is 16.5 Å². The predicted octanol–water partition coefficient (Wildman–Crippen LogP) is 2.27. The number of carbonyl (C=O) groups excluding carboxylic acids is 1. The lowest BCUT2D eigenvalue weighted by Crippen LogP contribution is -2.07. The largest absolute Gasteiger partial charge is 0.507 e. The van der Waals surface area contributed by atoms with Gasteiger partial charge in [-0.2, -0.15) is 16.8 Å². The average molecular weight is 408 g/mol. The van der Waals surface area contributed by atoms with Crippen molar-refractivity contribution in [1.29, 1.82) is 0 Å². The molecule has 3 aromatic rings. The number of phenolic OH excluding ortho intramolecular Hbond substituents is 1. The van der Waals surface area contributed by atoms with Gasteiger partial charge in [0.05, 0.1) is 4.90 Å². The summed E-state index contributed by atoms with van der Waals surface area (Å²) < 4.78 is 64.7. The topological polar surface area (TPSA) is 146 Å². The monoisotopic (exact) mass is 408 g/mol. The Hall–Kier alpha value is -2.79.